The Morgan fingerprint density at radius 2 is 2.40 bits per heavy atom. The van der Waals surface area contributed by atoms with Gasteiger partial charge in [-0.1, -0.05) is 6.07 Å². The minimum Gasteiger partial charge on any atom is -0.396 e. The largest absolute Gasteiger partial charge is 0.396 e. The predicted octanol–water partition coefficient (Wildman–Crippen LogP) is 0.891. The van der Waals surface area contributed by atoms with Gasteiger partial charge in [0.2, 0.25) is 0 Å². The summed E-state index contributed by atoms with van der Waals surface area (Å²) in [7, 11) is 0. The zero-order valence-electron chi connectivity index (χ0n) is 9.03. The highest BCUT2D eigenvalue weighted by molar-refractivity contribution is 5.93. The van der Waals surface area contributed by atoms with Crippen molar-refractivity contribution in [3.05, 3.63) is 29.6 Å². The normalized spacial score (nSPS) is 12.2. The lowest BCUT2D eigenvalue weighted by Gasteiger charge is -2.12. The van der Waals surface area contributed by atoms with Gasteiger partial charge in [-0.15, -0.1) is 0 Å². The van der Waals surface area contributed by atoms with Crippen LogP contribution in [0, 0.1) is 6.92 Å². The van der Waals surface area contributed by atoms with Gasteiger partial charge in [0.05, 0.1) is 0 Å². The van der Waals surface area contributed by atoms with Crippen molar-refractivity contribution in [3.8, 4) is 0 Å². The summed E-state index contributed by atoms with van der Waals surface area (Å²) in [5, 5.41) is 11.5. The number of carbonyl (C=O) groups excluding carboxylic acids is 1. The number of nitrogens with one attached hydrogen (secondary N) is 1. The van der Waals surface area contributed by atoms with Gasteiger partial charge in [0.25, 0.3) is 5.91 Å². The summed E-state index contributed by atoms with van der Waals surface area (Å²) in [6.45, 7) is 3.77. The molecule has 0 radical (unpaired) electrons. The molecule has 1 aromatic heterocycles. The van der Waals surface area contributed by atoms with Crippen LogP contribution in [-0.2, 0) is 0 Å². The Balaban J connectivity index is 2.65. The molecule has 1 atom stereocenters. The number of amides is 1. The number of aryl methyl sites for hydroxylation is 1. The number of hydrogen-bond donors (Lipinski definition) is 2. The summed E-state index contributed by atoms with van der Waals surface area (Å²) in [4.78, 5) is 15.7. The fraction of sp³-hybridized carbons (Fsp3) is 0.455. The lowest BCUT2D eigenvalue weighted by Crippen LogP contribution is -2.34. The van der Waals surface area contributed by atoms with Crippen LogP contribution in [0.4, 0.5) is 0 Å². The van der Waals surface area contributed by atoms with Gasteiger partial charge >= 0.3 is 0 Å². The fourth-order valence-electron chi connectivity index (χ4n) is 1.28. The first-order valence-electron chi connectivity index (χ1n) is 4.98. The molecule has 0 aliphatic carbocycles. The van der Waals surface area contributed by atoms with E-state index in [4.69, 9.17) is 5.11 Å². The second-order valence-electron chi connectivity index (χ2n) is 3.56. The maximum atomic E-state index is 11.7. The molecular formula is C11H16N2O2. The third-order valence-corrected chi connectivity index (χ3v) is 2.16. The highest BCUT2D eigenvalue weighted by Gasteiger charge is 2.12. The molecule has 0 saturated carbocycles. The molecule has 1 heterocycles. The van der Waals surface area contributed by atoms with Crippen LogP contribution in [0.5, 0.6) is 0 Å². The molecule has 0 fully saturated rings. The Morgan fingerprint density at radius 3 is 3.00 bits per heavy atom. The summed E-state index contributed by atoms with van der Waals surface area (Å²) in [5.74, 6) is -0.186. The van der Waals surface area contributed by atoms with Crippen molar-refractivity contribution in [1.82, 2.24) is 10.3 Å². The van der Waals surface area contributed by atoms with Crippen molar-refractivity contribution < 1.29 is 9.90 Å². The lowest BCUT2D eigenvalue weighted by molar-refractivity contribution is 0.0928. The van der Waals surface area contributed by atoms with Gasteiger partial charge in [-0.2, -0.15) is 0 Å². The van der Waals surface area contributed by atoms with E-state index >= 15 is 0 Å². The van der Waals surface area contributed by atoms with Crippen molar-refractivity contribution in [2.45, 2.75) is 26.3 Å². The molecule has 82 valence electrons. The Morgan fingerprint density at radius 1 is 1.67 bits per heavy atom. The molecule has 4 nitrogen and oxygen atoms in total. The summed E-state index contributed by atoms with van der Waals surface area (Å²) < 4.78 is 0. The first-order valence-corrected chi connectivity index (χ1v) is 4.98. The lowest BCUT2D eigenvalue weighted by atomic mass is 10.2. The van der Waals surface area contributed by atoms with Crippen molar-refractivity contribution in [2.24, 2.45) is 0 Å². The van der Waals surface area contributed by atoms with Gasteiger partial charge in [0.15, 0.2) is 0 Å². The molecule has 0 aliphatic rings. The van der Waals surface area contributed by atoms with Gasteiger partial charge in [-0.05, 0) is 31.9 Å². The predicted molar refractivity (Wildman–Crippen MR) is 57.6 cm³/mol. The average Bonchev–Trinajstić information content (AvgIpc) is 2.18. The minimum absolute atomic E-state index is 0.0380. The van der Waals surface area contributed by atoms with Crippen LogP contribution < -0.4 is 5.32 Å². The minimum atomic E-state index is -0.186. The number of hydrogen-bond acceptors (Lipinski definition) is 3. The van der Waals surface area contributed by atoms with Crippen LogP contribution in [-0.4, -0.2) is 28.6 Å². The Hall–Kier alpha value is -1.42. The van der Waals surface area contributed by atoms with Crippen molar-refractivity contribution in [3.63, 3.8) is 0 Å². The van der Waals surface area contributed by atoms with Crippen LogP contribution in [0.3, 0.4) is 0 Å². The van der Waals surface area contributed by atoms with E-state index in [9.17, 15) is 4.79 Å². The number of aliphatic hydroxyl groups excluding tert-OH is 1. The molecule has 0 bridgehead atoms. The smallest absolute Gasteiger partial charge is 0.270 e. The molecule has 15 heavy (non-hydrogen) atoms. The highest BCUT2D eigenvalue weighted by Crippen LogP contribution is 2.03. The highest BCUT2D eigenvalue weighted by atomic mass is 16.3. The van der Waals surface area contributed by atoms with E-state index in [0.717, 1.165) is 5.56 Å². The maximum Gasteiger partial charge on any atom is 0.270 e. The summed E-state index contributed by atoms with van der Waals surface area (Å²) in [6, 6.07) is 3.60. The molecule has 0 aromatic carbocycles. The Kier molecular flexibility index (Phi) is 4.24. The van der Waals surface area contributed by atoms with Crippen LogP contribution in [0.2, 0.25) is 0 Å². The Bertz CT molecular complexity index is 339. The standard InChI is InChI=1S/C11H16N2O2/c1-8-4-3-6-12-10(8)11(15)13-9(2)5-7-14/h3-4,6,9,14H,5,7H2,1-2H3,(H,13,15). The second kappa shape index (κ2) is 5.46. The molecule has 2 N–H and O–H groups in total. The first kappa shape index (κ1) is 11.7. The van der Waals surface area contributed by atoms with Gasteiger partial charge in [-0.3, -0.25) is 9.78 Å². The summed E-state index contributed by atoms with van der Waals surface area (Å²) >= 11 is 0. The summed E-state index contributed by atoms with van der Waals surface area (Å²) in [5.41, 5.74) is 1.30. The first-order chi connectivity index (χ1) is 7.15. The number of aliphatic hydroxyl groups is 1. The van der Waals surface area contributed by atoms with E-state index in [1.54, 1.807) is 12.3 Å². The molecule has 0 aliphatic heterocycles. The monoisotopic (exact) mass is 208 g/mol. The zero-order chi connectivity index (χ0) is 11.3. The van der Waals surface area contributed by atoms with Crippen LogP contribution in [0.25, 0.3) is 0 Å². The third kappa shape index (κ3) is 3.32. The van der Waals surface area contributed by atoms with E-state index in [2.05, 4.69) is 10.3 Å². The van der Waals surface area contributed by atoms with E-state index in [1.165, 1.54) is 0 Å². The van der Waals surface area contributed by atoms with Gasteiger partial charge < -0.3 is 10.4 Å². The van der Waals surface area contributed by atoms with Gasteiger partial charge in [0, 0.05) is 18.8 Å². The molecule has 1 aromatic rings. The van der Waals surface area contributed by atoms with Gasteiger partial charge in [-0.25, -0.2) is 0 Å². The number of aromatic nitrogens is 1. The van der Waals surface area contributed by atoms with E-state index in [1.807, 2.05) is 19.9 Å². The van der Waals surface area contributed by atoms with E-state index in [-0.39, 0.29) is 18.6 Å². The van der Waals surface area contributed by atoms with Crippen LogP contribution in [0.15, 0.2) is 18.3 Å². The van der Waals surface area contributed by atoms with E-state index < -0.39 is 0 Å². The van der Waals surface area contributed by atoms with Crippen molar-refractivity contribution in [1.29, 1.82) is 0 Å². The average molecular weight is 208 g/mol. The summed E-state index contributed by atoms with van der Waals surface area (Å²) in [6.07, 6.45) is 2.15. The Labute approximate surface area is 89.3 Å². The maximum absolute atomic E-state index is 11.7. The molecule has 1 unspecified atom stereocenters. The molecule has 1 rings (SSSR count). The third-order valence-electron chi connectivity index (χ3n) is 2.16. The van der Waals surface area contributed by atoms with Crippen molar-refractivity contribution >= 4 is 5.91 Å². The van der Waals surface area contributed by atoms with E-state index in [0.29, 0.717) is 12.1 Å². The fourth-order valence-corrected chi connectivity index (χ4v) is 1.28. The molecule has 0 spiro atoms. The quantitative estimate of drug-likeness (QED) is 0.772. The molecule has 1 amide bonds. The number of carbonyl (C=O) groups is 1. The zero-order valence-corrected chi connectivity index (χ0v) is 9.03. The number of rotatable bonds is 4. The van der Waals surface area contributed by atoms with Gasteiger partial charge in [0.1, 0.15) is 5.69 Å². The van der Waals surface area contributed by atoms with Crippen LogP contribution in [0.1, 0.15) is 29.4 Å². The molecule has 4 heteroatoms. The molecule has 0 saturated heterocycles. The second-order valence-corrected chi connectivity index (χ2v) is 3.56. The molecular weight excluding hydrogens is 192 g/mol. The number of pyridine rings is 1. The van der Waals surface area contributed by atoms with Crippen LogP contribution >= 0.6 is 0 Å². The SMILES string of the molecule is Cc1cccnc1C(=O)NC(C)CCO. The van der Waals surface area contributed by atoms with Crippen molar-refractivity contribution in [2.75, 3.05) is 6.61 Å². The topological polar surface area (TPSA) is 62.2 Å². The number of nitrogens with zero attached hydrogens (tertiary/aromatic N) is 1.